The molecule has 0 aliphatic carbocycles. The molecule has 2 heterocycles. The summed E-state index contributed by atoms with van der Waals surface area (Å²) in [6.45, 7) is 2.58. The average Bonchev–Trinajstić information content (AvgIpc) is 3.33. The highest BCUT2D eigenvalue weighted by atomic mass is 35.5. The molecule has 0 unspecified atom stereocenters. The van der Waals surface area contributed by atoms with E-state index in [1.54, 1.807) is 6.33 Å². The SMILES string of the molecule is CN(CCc1ccc(Cl)cc1)C1CCN(C(=O)c2ccc(-c3nc[nH]n3)cc2)CC1. The fraction of sp³-hybridized carbons (Fsp3) is 0.348. The fourth-order valence-corrected chi connectivity index (χ4v) is 4.07. The number of rotatable bonds is 6. The Bertz CT molecular complexity index is 948. The van der Waals surface area contributed by atoms with Gasteiger partial charge in [0.2, 0.25) is 0 Å². The van der Waals surface area contributed by atoms with Gasteiger partial charge in [-0.15, -0.1) is 0 Å². The van der Waals surface area contributed by atoms with E-state index in [2.05, 4.69) is 39.3 Å². The molecule has 6 nitrogen and oxygen atoms in total. The van der Waals surface area contributed by atoms with Crippen molar-refractivity contribution in [1.82, 2.24) is 25.0 Å². The number of H-pyrrole nitrogens is 1. The van der Waals surface area contributed by atoms with E-state index in [4.69, 9.17) is 11.6 Å². The Morgan fingerprint density at radius 2 is 1.83 bits per heavy atom. The molecule has 1 aromatic heterocycles. The molecule has 1 fully saturated rings. The van der Waals surface area contributed by atoms with Crippen molar-refractivity contribution in [3.05, 3.63) is 71.0 Å². The summed E-state index contributed by atoms with van der Waals surface area (Å²) < 4.78 is 0. The zero-order valence-corrected chi connectivity index (χ0v) is 17.8. The van der Waals surface area contributed by atoms with Crippen LogP contribution in [0.4, 0.5) is 0 Å². The second-order valence-corrected chi connectivity index (χ2v) is 8.22. The van der Waals surface area contributed by atoms with Gasteiger partial charge in [0.05, 0.1) is 0 Å². The largest absolute Gasteiger partial charge is 0.339 e. The number of likely N-dealkylation sites (tertiary alicyclic amines) is 1. The van der Waals surface area contributed by atoms with E-state index in [-0.39, 0.29) is 5.91 Å². The highest BCUT2D eigenvalue weighted by molar-refractivity contribution is 6.30. The van der Waals surface area contributed by atoms with Gasteiger partial charge in [-0.2, -0.15) is 5.10 Å². The molecule has 156 valence electrons. The minimum Gasteiger partial charge on any atom is -0.339 e. The van der Waals surface area contributed by atoms with Crippen molar-refractivity contribution in [2.24, 2.45) is 0 Å². The highest BCUT2D eigenvalue weighted by Gasteiger charge is 2.25. The quantitative estimate of drug-likeness (QED) is 0.653. The monoisotopic (exact) mass is 423 g/mol. The number of piperidine rings is 1. The van der Waals surface area contributed by atoms with Crippen LogP contribution >= 0.6 is 11.6 Å². The summed E-state index contributed by atoms with van der Waals surface area (Å²) in [5.41, 5.74) is 2.91. The van der Waals surface area contributed by atoms with E-state index in [1.165, 1.54) is 5.56 Å². The van der Waals surface area contributed by atoms with E-state index in [1.807, 2.05) is 41.3 Å². The molecular formula is C23H26ClN5O. The number of carbonyl (C=O) groups is 1. The predicted molar refractivity (Wildman–Crippen MR) is 119 cm³/mol. The Balaban J connectivity index is 1.27. The summed E-state index contributed by atoms with van der Waals surface area (Å²) in [6, 6.07) is 16.1. The van der Waals surface area contributed by atoms with Crippen LogP contribution in [-0.2, 0) is 6.42 Å². The average molecular weight is 424 g/mol. The van der Waals surface area contributed by atoms with Crippen LogP contribution in [0.1, 0.15) is 28.8 Å². The molecule has 7 heteroatoms. The highest BCUT2D eigenvalue weighted by Crippen LogP contribution is 2.20. The lowest BCUT2D eigenvalue weighted by molar-refractivity contribution is 0.0647. The van der Waals surface area contributed by atoms with E-state index < -0.39 is 0 Å². The van der Waals surface area contributed by atoms with Crippen molar-refractivity contribution in [1.29, 1.82) is 0 Å². The van der Waals surface area contributed by atoms with Gasteiger partial charge in [0.15, 0.2) is 5.82 Å². The van der Waals surface area contributed by atoms with E-state index in [0.717, 1.165) is 49.5 Å². The van der Waals surface area contributed by atoms with E-state index in [0.29, 0.717) is 17.4 Å². The van der Waals surface area contributed by atoms with Crippen LogP contribution in [0, 0.1) is 0 Å². The molecule has 1 aliphatic rings. The van der Waals surface area contributed by atoms with Gasteiger partial charge in [0, 0.05) is 41.8 Å². The molecule has 1 aliphatic heterocycles. The van der Waals surface area contributed by atoms with Crippen molar-refractivity contribution in [3.63, 3.8) is 0 Å². The van der Waals surface area contributed by atoms with Gasteiger partial charge >= 0.3 is 0 Å². The van der Waals surface area contributed by atoms with Crippen molar-refractivity contribution in [2.75, 3.05) is 26.7 Å². The molecule has 3 aromatic rings. The number of likely N-dealkylation sites (N-methyl/N-ethyl adjacent to an activating group) is 1. The number of amides is 1. The third-order valence-electron chi connectivity index (χ3n) is 5.85. The first kappa shape index (κ1) is 20.6. The summed E-state index contributed by atoms with van der Waals surface area (Å²) in [6.07, 6.45) is 4.55. The van der Waals surface area contributed by atoms with Crippen LogP contribution in [0.3, 0.4) is 0 Å². The summed E-state index contributed by atoms with van der Waals surface area (Å²) in [7, 11) is 2.18. The molecule has 1 amide bonds. The fourth-order valence-electron chi connectivity index (χ4n) is 3.94. The molecule has 0 radical (unpaired) electrons. The van der Waals surface area contributed by atoms with Crippen molar-refractivity contribution < 1.29 is 4.79 Å². The third-order valence-corrected chi connectivity index (χ3v) is 6.10. The number of hydrogen-bond donors (Lipinski definition) is 1. The second kappa shape index (κ2) is 9.41. The first-order valence-corrected chi connectivity index (χ1v) is 10.7. The lowest BCUT2D eigenvalue weighted by atomic mass is 10.0. The smallest absolute Gasteiger partial charge is 0.253 e. The van der Waals surface area contributed by atoms with Crippen LogP contribution in [0.25, 0.3) is 11.4 Å². The van der Waals surface area contributed by atoms with Crippen LogP contribution in [0.2, 0.25) is 5.02 Å². The number of carbonyl (C=O) groups excluding carboxylic acids is 1. The topological polar surface area (TPSA) is 65.1 Å². The maximum absolute atomic E-state index is 12.9. The van der Waals surface area contributed by atoms with Gasteiger partial charge in [-0.3, -0.25) is 9.89 Å². The predicted octanol–water partition coefficient (Wildman–Crippen LogP) is 3.90. The summed E-state index contributed by atoms with van der Waals surface area (Å²) in [5.74, 6) is 0.732. The molecule has 1 saturated heterocycles. The normalized spacial score (nSPS) is 15.0. The molecule has 30 heavy (non-hydrogen) atoms. The van der Waals surface area contributed by atoms with Gasteiger partial charge in [-0.25, -0.2) is 4.98 Å². The molecule has 4 rings (SSSR count). The second-order valence-electron chi connectivity index (χ2n) is 7.78. The van der Waals surface area contributed by atoms with Gasteiger partial charge in [-0.05, 0) is 56.1 Å². The van der Waals surface area contributed by atoms with Gasteiger partial charge < -0.3 is 9.80 Å². The van der Waals surface area contributed by atoms with Gasteiger partial charge in [-0.1, -0.05) is 35.9 Å². The standard InChI is InChI=1S/C23H26ClN5O/c1-28(13-10-17-2-8-20(24)9-3-17)21-11-14-29(15-12-21)23(30)19-6-4-18(5-7-19)22-25-16-26-27-22/h2-9,16,21H,10-15H2,1H3,(H,25,26,27). The maximum Gasteiger partial charge on any atom is 0.253 e. The molecule has 1 N–H and O–H groups in total. The number of aromatic nitrogens is 3. The minimum absolute atomic E-state index is 0.0961. The van der Waals surface area contributed by atoms with Crippen molar-refractivity contribution in [2.45, 2.75) is 25.3 Å². The van der Waals surface area contributed by atoms with Crippen molar-refractivity contribution in [3.8, 4) is 11.4 Å². The Morgan fingerprint density at radius 3 is 2.47 bits per heavy atom. The molecule has 0 spiro atoms. The summed E-state index contributed by atoms with van der Waals surface area (Å²) >= 11 is 5.96. The zero-order chi connectivity index (χ0) is 20.9. The molecule has 0 bridgehead atoms. The van der Waals surface area contributed by atoms with Gasteiger partial charge in [0.25, 0.3) is 5.91 Å². The number of halogens is 1. The first-order chi connectivity index (χ1) is 14.6. The number of benzene rings is 2. The molecule has 0 saturated carbocycles. The van der Waals surface area contributed by atoms with E-state index >= 15 is 0 Å². The molecule has 2 aromatic carbocycles. The van der Waals surface area contributed by atoms with Crippen LogP contribution in [0.5, 0.6) is 0 Å². The number of hydrogen-bond acceptors (Lipinski definition) is 4. The van der Waals surface area contributed by atoms with Crippen molar-refractivity contribution >= 4 is 17.5 Å². The Kier molecular flexibility index (Phi) is 6.45. The lowest BCUT2D eigenvalue weighted by Gasteiger charge is -2.37. The zero-order valence-electron chi connectivity index (χ0n) is 17.1. The first-order valence-electron chi connectivity index (χ1n) is 10.3. The summed E-state index contributed by atoms with van der Waals surface area (Å²) in [4.78, 5) is 21.4. The lowest BCUT2D eigenvalue weighted by Crippen LogP contribution is -2.46. The Labute approximate surface area is 181 Å². The van der Waals surface area contributed by atoms with Crippen LogP contribution < -0.4 is 0 Å². The number of nitrogens with one attached hydrogen (secondary N) is 1. The summed E-state index contributed by atoms with van der Waals surface area (Å²) in [5, 5.41) is 7.55. The number of aromatic amines is 1. The third kappa shape index (κ3) is 4.89. The molecule has 0 atom stereocenters. The minimum atomic E-state index is 0.0961. The Morgan fingerprint density at radius 1 is 1.13 bits per heavy atom. The Hall–Kier alpha value is -2.70. The maximum atomic E-state index is 12.9. The van der Waals surface area contributed by atoms with Crippen LogP contribution in [0.15, 0.2) is 54.9 Å². The number of nitrogens with zero attached hydrogens (tertiary/aromatic N) is 4. The van der Waals surface area contributed by atoms with Gasteiger partial charge in [0.1, 0.15) is 6.33 Å². The molecular weight excluding hydrogens is 398 g/mol. The van der Waals surface area contributed by atoms with E-state index in [9.17, 15) is 4.79 Å². The van der Waals surface area contributed by atoms with Crippen LogP contribution in [-0.4, -0.2) is 63.6 Å².